The number of hydrogen-bond acceptors (Lipinski definition) is 3. The van der Waals surface area contributed by atoms with Crippen LogP contribution in [-0.2, 0) is 22.6 Å². The van der Waals surface area contributed by atoms with Crippen LogP contribution in [-0.4, -0.2) is 36.9 Å². The van der Waals surface area contributed by atoms with Crippen LogP contribution in [0, 0.1) is 11.7 Å². The zero-order valence-electron chi connectivity index (χ0n) is 15.3. The maximum absolute atomic E-state index is 12.9. The predicted octanol–water partition coefficient (Wildman–Crippen LogP) is 2.54. The third-order valence-corrected chi connectivity index (χ3v) is 4.77. The first kappa shape index (κ1) is 18.9. The number of halogens is 1. The molecule has 2 aromatic rings. The van der Waals surface area contributed by atoms with Crippen LogP contribution in [0.15, 0.2) is 48.5 Å². The smallest absolute Gasteiger partial charge is 0.225 e. The molecule has 0 bridgehead atoms. The number of likely N-dealkylation sites (tertiary alicyclic amines) is 1. The summed E-state index contributed by atoms with van der Waals surface area (Å²) in [6.07, 6.45) is 0.945. The predicted molar refractivity (Wildman–Crippen MR) is 99.6 cm³/mol. The summed E-state index contributed by atoms with van der Waals surface area (Å²) < 4.78 is 18.1. The molecule has 0 spiro atoms. The Morgan fingerprint density at radius 3 is 2.74 bits per heavy atom. The molecule has 1 unspecified atom stereocenters. The molecule has 1 saturated heterocycles. The minimum Gasteiger partial charge on any atom is -0.497 e. The van der Waals surface area contributed by atoms with Gasteiger partial charge in [-0.05, 0) is 41.8 Å². The number of benzene rings is 2. The van der Waals surface area contributed by atoms with Crippen LogP contribution >= 0.6 is 0 Å². The molecule has 1 fully saturated rings. The zero-order chi connectivity index (χ0) is 19.2. The zero-order valence-corrected chi connectivity index (χ0v) is 15.3. The fourth-order valence-electron chi connectivity index (χ4n) is 3.19. The summed E-state index contributed by atoms with van der Waals surface area (Å²) in [4.78, 5) is 26.3. The Morgan fingerprint density at radius 1 is 1.22 bits per heavy atom. The Morgan fingerprint density at radius 2 is 2.00 bits per heavy atom. The fourth-order valence-corrected chi connectivity index (χ4v) is 3.19. The molecule has 3 rings (SSSR count). The van der Waals surface area contributed by atoms with Crippen LogP contribution in [0.2, 0.25) is 0 Å². The lowest BCUT2D eigenvalue weighted by atomic mass is 10.1. The van der Waals surface area contributed by atoms with Gasteiger partial charge in [-0.3, -0.25) is 9.59 Å². The first-order chi connectivity index (χ1) is 13.0. The first-order valence-electron chi connectivity index (χ1n) is 8.98. The Labute approximate surface area is 158 Å². The standard InChI is InChI=1S/C21H23FN2O3/c1-27-19-4-2-3-15(11-19)9-10-24-14-17(12-20(24)25)21(26)23-13-16-5-7-18(22)8-6-16/h2-8,11,17H,9-10,12-14H2,1H3,(H,23,26). The summed E-state index contributed by atoms with van der Waals surface area (Å²) >= 11 is 0. The number of nitrogens with zero attached hydrogens (tertiary/aromatic N) is 1. The van der Waals surface area contributed by atoms with Crippen LogP contribution in [0.4, 0.5) is 4.39 Å². The Bertz CT molecular complexity index is 807. The van der Waals surface area contributed by atoms with Gasteiger partial charge in [0, 0.05) is 26.1 Å². The maximum Gasteiger partial charge on any atom is 0.225 e. The van der Waals surface area contributed by atoms with E-state index in [1.807, 2.05) is 24.3 Å². The van der Waals surface area contributed by atoms with E-state index in [2.05, 4.69) is 5.32 Å². The van der Waals surface area contributed by atoms with E-state index in [0.717, 1.165) is 16.9 Å². The Balaban J connectivity index is 1.48. The first-order valence-corrected chi connectivity index (χ1v) is 8.98. The second kappa shape index (κ2) is 8.66. The maximum atomic E-state index is 12.9. The van der Waals surface area contributed by atoms with Crippen molar-refractivity contribution in [3.05, 3.63) is 65.5 Å². The van der Waals surface area contributed by atoms with Gasteiger partial charge >= 0.3 is 0 Å². The lowest BCUT2D eigenvalue weighted by Crippen LogP contribution is -2.33. The normalized spacial score (nSPS) is 16.4. The van der Waals surface area contributed by atoms with Crippen molar-refractivity contribution in [1.29, 1.82) is 0 Å². The molecule has 6 heteroatoms. The van der Waals surface area contributed by atoms with Crippen molar-refractivity contribution in [2.45, 2.75) is 19.4 Å². The van der Waals surface area contributed by atoms with Crippen molar-refractivity contribution < 1.29 is 18.7 Å². The summed E-state index contributed by atoms with van der Waals surface area (Å²) in [5.41, 5.74) is 1.91. The van der Waals surface area contributed by atoms with Crippen molar-refractivity contribution in [3.8, 4) is 5.75 Å². The number of rotatable bonds is 7. The van der Waals surface area contributed by atoms with Gasteiger partial charge < -0.3 is 15.0 Å². The van der Waals surface area contributed by atoms with E-state index in [-0.39, 0.29) is 30.0 Å². The minimum absolute atomic E-state index is 0.000159. The molecule has 0 aliphatic carbocycles. The second-order valence-electron chi connectivity index (χ2n) is 6.69. The topological polar surface area (TPSA) is 58.6 Å². The van der Waals surface area contributed by atoms with Crippen LogP contribution < -0.4 is 10.1 Å². The Hall–Kier alpha value is -2.89. The molecule has 0 aromatic heterocycles. The van der Waals surface area contributed by atoms with Crippen molar-refractivity contribution in [2.24, 2.45) is 5.92 Å². The summed E-state index contributed by atoms with van der Waals surface area (Å²) in [6.45, 7) is 1.33. The van der Waals surface area contributed by atoms with Crippen molar-refractivity contribution in [1.82, 2.24) is 10.2 Å². The van der Waals surface area contributed by atoms with Crippen molar-refractivity contribution >= 4 is 11.8 Å². The number of amides is 2. The summed E-state index contributed by atoms with van der Waals surface area (Å²) in [5.74, 6) is -0.00363. The number of methoxy groups -OCH3 is 1. The van der Waals surface area contributed by atoms with E-state index < -0.39 is 0 Å². The highest BCUT2D eigenvalue weighted by Gasteiger charge is 2.33. The molecular formula is C21H23FN2O3. The van der Waals surface area contributed by atoms with Gasteiger partial charge in [0.25, 0.3) is 0 Å². The monoisotopic (exact) mass is 370 g/mol. The highest BCUT2D eigenvalue weighted by Crippen LogP contribution is 2.20. The molecule has 0 saturated carbocycles. The van der Waals surface area contributed by atoms with Gasteiger partial charge in [-0.2, -0.15) is 0 Å². The molecule has 2 aromatic carbocycles. The van der Waals surface area contributed by atoms with Gasteiger partial charge in [0.15, 0.2) is 0 Å². The molecule has 1 N–H and O–H groups in total. The van der Waals surface area contributed by atoms with Gasteiger partial charge in [0.05, 0.1) is 13.0 Å². The van der Waals surface area contributed by atoms with E-state index in [1.54, 1.807) is 24.1 Å². The molecule has 27 heavy (non-hydrogen) atoms. The van der Waals surface area contributed by atoms with Crippen LogP contribution in [0.1, 0.15) is 17.5 Å². The molecular weight excluding hydrogens is 347 g/mol. The lowest BCUT2D eigenvalue weighted by molar-refractivity contribution is -0.129. The highest BCUT2D eigenvalue weighted by molar-refractivity contribution is 5.89. The van der Waals surface area contributed by atoms with Gasteiger partial charge in [-0.15, -0.1) is 0 Å². The Kier molecular flexibility index (Phi) is 6.06. The number of hydrogen-bond donors (Lipinski definition) is 1. The van der Waals surface area contributed by atoms with Gasteiger partial charge in [0.2, 0.25) is 11.8 Å². The van der Waals surface area contributed by atoms with Gasteiger partial charge in [-0.25, -0.2) is 4.39 Å². The van der Waals surface area contributed by atoms with E-state index in [0.29, 0.717) is 26.1 Å². The second-order valence-corrected chi connectivity index (χ2v) is 6.69. The quantitative estimate of drug-likeness (QED) is 0.815. The number of ether oxygens (including phenoxy) is 1. The fraction of sp³-hybridized carbons (Fsp3) is 0.333. The summed E-state index contributed by atoms with van der Waals surface area (Å²) in [7, 11) is 1.62. The summed E-state index contributed by atoms with van der Waals surface area (Å²) in [5, 5.41) is 2.83. The van der Waals surface area contributed by atoms with Crippen molar-refractivity contribution in [3.63, 3.8) is 0 Å². The number of carbonyl (C=O) groups excluding carboxylic acids is 2. The van der Waals surface area contributed by atoms with Crippen LogP contribution in [0.5, 0.6) is 5.75 Å². The average Bonchev–Trinajstić information content (AvgIpc) is 3.06. The lowest BCUT2D eigenvalue weighted by Gasteiger charge is -2.17. The third-order valence-electron chi connectivity index (χ3n) is 4.77. The molecule has 1 aliphatic rings. The third kappa shape index (κ3) is 5.06. The summed E-state index contributed by atoms with van der Waals surface area (Å²) in [6, 6.07) is 13.7. The molecule has 5 nitrogen and oxygen atoms in total. The molecule has 1 heterocycles. The SMILES string of the molecule is COc1cccc(CCN2CC(C(=O)NCc3ccc(F)cc3)CC2=O)c1. The largest absolute Gasteiger partial charge is 0.497 e. The molecule has 1 aliphatic heterocycles. The molecule has 1 atom stereocenters. The number of carbonyl (C=O) groups is 2. The molecule has 142 valence electrons. The van der Waals surface area contributed by atoms with Crippen LogP contribution in [0.25, 0.3) is 0 Å². The van der Waals surface area contributed by atoms with E-state index >= 15 is 0 Å². The molecule has 2 amide bonds. The minimum atomic E-state index is -0.344. The van der Waals surface area contributed by atoms with E-state index in [9.17, 15) is 14.0 Å². The molecule has 0 radical (unpaired) electrons. The van der Waals surface area contributed by atoms with Crippen LogP contribution in [0.3, 0.4) is 0 Å². The van der Waals surface area contributed by atoms with E-state index in [1.165, 1.54) is 12.1 Å². The van der Waals surface area contributed by atoms with Gasteiger partial charge in [0.1, 0.15) is 11.6 Å². The van der Waals surface area contributed by atoms with Gasteiger partial charge in [-0.1, -0.05) is 24.3 Å². The van der Waals surface area contributed by atoms with Crippen molar-refractivity contribution in [2.75, 3.05) is 20.2 Å². The van der Waals surface area contributed by atoms with E-state index in [4.69, 9.17) is 4.74 Å². The number of nitrogens with one attached hydrogen (secondary N) is 1. The average molecular weight is 370 g/mol. The highest BCUT2D eigenvalue weighted by atomic mass is 19.1.